The number of halogens is 1. The first-order valence-corrected chi connectivity index (χ1v) is 6.95. The third-order valence-corrected chi connectivity index (χ3v) is 5.02. The largest absolute Gasteiger partial charge is 0.381 e. The van der Waals surface area contributed by atoms with Crippen LogP contribution in [0.1, 0.15) is 24.5 Å². The van der Waals surface area contributed by atoms with E-state index < -0.39 is 0 Å². The van der Waals surface area contributed by atoms with E-state index in [2.05, 4.69) is 46.2 Å². The number of aromatic nitrogens is 1. The number of hydrogen-bond acceptors (Lipinski definition) is 3. The molecule has 1 heterocycles. The number of nitrogen functional groups attached to an aromatic ring is 1. The number of hydrogen-bond donors (Lipinski definition) is 1. The van der Waals surface area contributed by atoms with Crippen molar-refractivity contribution in [2.75, 3.05) is 5.73 Å². The summed E-state index contributed by atoms with van der Waals surface area (Å²) in [7, 11) is 0. The zero-order chi connectivity index (χ0) is 12.5. The van der Waals surface area contributed by atoms with Gasteiger partial charge in [0.1, 0.15) is 0 Å². The van der Waals surface area contributed by atoms with Gasteiger partial charge in [-0.15, -0.1) is 0 Å². The molecule has 0 radical (unpaired) electrons. The highest BCUT2D eigenvalue weighted by Gasteiger charge is 2.56. The lowest BCUT2D eigenvalue weighted by Crippen LogP contribution is -2.19. The van der Waals surface area contributed by atoms with Crippen LogP contribution in [0.4, 0.5) is 5.82 Å². The van der Waals surface area contributed by atoms with Gasteiger partial charge in [0, 0.05) is 21.0 Å². The van der Waals surface area contributed by atoms with Crippen LogP contribution in [0.5, 0.6) is 0 Å². The van der Waals surface area contributed by atoms with Gasteiger partial charge in [-0.1, -0.05) is 34.1 Å². The molecule has 2 N–H and O–H groups in total. The van der Waals surface area contributed by atoms with Gasteiger partial charge >= 0.3 is 0 Å². The Hall–Kier alpha value is -1.29. The second-order valence-electron chi connectivity index (χ2n) is 5.50. The molecule has 2 aliphatic carbocycles. The van der Waals surface area contributed by atoms with Gasteiger partial charge in [-0.25, -0.2) is 0 Å². The molecule has 18 heavy (non-hydrogen) atoms. The maximum Gasteiger partial charge on any atom is 0.172 e. The molecule has 1 aromatic heterocycles. The molecule has 0 saturated heterocycles. The second-order valence-corrected chi connectivity index (χ2v) is 6.42. The minimum Gasteiger partial charge on any atom is -0.381 e. The average molecular weight is 305 g/mol. The fourth-order valence-electron chi connectivity index (χ4n) is 3.36. The Kier molecular flexibility index (Phi) is 1.87. The molecule has 2 atom stereocenters. The van der Waals surface area contributed by atoms with Gasteiger partial charge in [-0.2, -0.15) is 0 Å². The van der Waals surface area contributed by atoms with Gasteiger partial charge in [0.15, 0.2) is 11.6 Å². The lowest BCUT2D eigenvalue weighted by Gasteiger charge is -2.25. The van der Waals surface area contributed by atoms with Crippen molar-refractivity contribution in [1.82, 2.24) is 5.16 Å². The highest BCUT2D eigenvalue weighted by atomic mass is 79.9. The molecule has 92 valence electrons. The zero-order valence-electron chi connectivity index (χ0n) is 10.0. The summed E-state index contributed by atoms with van der Waals surface area (Å²) >= 11 is 3.53. The summed E-state index contributed by atoms with van der Waals surface area (Å²) in [5.41, 5.74) is 9.83. The third-order valence-electron chi connectivity index (χ3n) is 4.53. The van der Waals surface area contributed by atoms with Crippen LogP contribution in [0.3, 0.4) is 0 Å². The molecule has 2 aliphatic rings. The van der Waals surface area contributed by atoms with E-state index in [4.69, 9.17) is 10.3 Å². The van der Waals surface area contributed by atoms with Crippen molar-refractivity contribution in [3.63, 3.8) is 0 Å². The maximum atomic E-state index is 5.93. The van der Waals surface area contributed by atoms with Crippen molar-refractivity contribution in [1.29, 1.82) is 0 Å². The number of anilines is 1. The fraction of sp³-hybridized carbons (Fsp3) is 0.357. The van der Waals surface area contributed by atoms with Crippen molar-refractivity contribution in [3.05, 3.63) is 33.8 Å². The topological polar surface area (TPSA) is 52.0 Å². The Bertz CT molecular complexity index is 664. The highest BCUT2D eigenvalue weighted by Crippen LogP contribution is 2.61. The van der Waals surface area contributed by atoms with E-state index in [1.165, 1.54) is 12.0 Å². The lowest BCUT2D eigenvalue weighted by molar-refractivity contribution is 0.431. The molecule has 0 unspecified atom stereocenters. The van der Waals surface area contributed by atoms with Crippen LogP contribution in [-0.4, -0.2) is 5.16 Å². The lowest BCUT2D eigenvalue weighted by atomic mass is 9.78. The normalized spacial score (nSPS) is 28.0. The summed E-state index contributed by atoms with van der Waals surface area (Å²) in [6.07, 6.45) is 2.19. The van der Waals surface area contributed by atoms with Gasteiger partial charge < -0.3 is 10.3 Å². The molecule has 1 spiro atoms. The molecule has 4 heteroatoms. The van der Waals surface area contributed by atoms with Gasteiger partial charge in [-0.3, -0.25) is 0 Å². The summed E-state index contributed by atoms with van der Waals surface area (Å²) in [5.74, 6) is 2.11. The molecule has 0 amide bonds. The van der Waals surface area contributed by atoms with Gasteiger partial charge in [0.05, 0.1) is 0 Å². The number of benzene rings is 1. The molecule has 3 nitrogen and oxygen atoms in total. The van der Waals surface area contributed by atoms with Crippen LogP contribution < -0.4 is 5.73 Å². The maximum absolute atomic E-state index is 5.93. The van der Waals surface area contributed by atoms with Gasteiger partial charge in [0.2, 0.25) is 0 Å². The van der Waals surface area contributed by atoms with E-state index in [0.29, 0.717) is 11.7 Å². The Morgan fingerprint density at radius 1 is 1.50 bits per heavy atom. The van der Waals surface area contributed by atoms with Crippen LogP contribution in [0, 0.1) is 5.92 Å². The predicted octanol–water partition coefficient (Wildman–Crippen LogP) is 3.52. The Labute approximate surface area is 113 Å². The molecule has 1 fully saturated rings. The van der Waals surface area contributed by atoms with Crippen LogP contribution in [0.2, 0.25) is 0 Å². The summed E-state index contributed by atoms with van der Waals surface area (Å²) in [6.45, 7) is 2.31. The van der Waals surface area contributed by atoms with Crippen LogP contribution >= 0.6 is 15.9 Å². The van der Waals surface area contributed by atoms with E-state index in [0.717, 1.165) is 27.8 Å². The average Bonchev–Trinajstić information content (AvgIpc) is 2.81. The monoisotopic (exact) mass is 304 g/mol. The third kappa shape index (κ3) is 1.17. The van der Waals surface area contributed by atoms with Crippen molar-refractivity contribution >= 4 is 21.7 Å². The van der Waals surface area contributed by atoms with E-state index >= 15 is 0 Å². The minimum absolute atomic E-state index is 0.267. The highest BCUT2D eigenvalue weighted by molar-refractivity contribution is 9.10. The summed E-state index contributed by atoms with van der Waals surface area (Å²) in [4.78, 5) is 0. The fourth-order valence-corrected chi connectivity index (χ4v) is 3.72. The number of nitrogens with zero attached hydrogens (tertiary/aromatic N) is 1. The quantitative estimate of drug-likeness (QED) is 0.810. The molecule has 1 saturated carbocycles. The van der Waals surface area contributed by atoms with E-state index in [1.807, 2.05) is 0 Å². The van der Waals surface area contributed by atoms with E-state index in [9.17, 15) is 0 Å². The van der Waals surface area contributed by atoms with Crippen LogP contribution in [0.15, 0.2) is 27.2 Å². The second kappa shape index (κ2) is 3.18. The SMILES string of the molecule is C[C@H]1C[C@]12Cc1c(N)noc1-c1cc(Br)ccc12. The number of fused-ring (bicyclic) bond motifs is 4. The van der Waals surface area contributed by atoms with Gasteiger partial charge in [-0.05, 0) is 36.5 Å². The summed E-state index contributed by atoms with van der Waals surface area (Å²) in [5, 5.41) is 3.93. The summed E-state index contributed by atoms with van der Waals surface area (Å²) < 4.78 is 6.49. The first-order chi connectivity index (χ1) is 8.62. The predicted molar refractivity (Wildman–Crippen MR) is 73.2 cm³/mol. The Morgan fingerprint density at radius 3 is 3.00 bits per heavy atom. The van der Waals surface area contributed by atoms with Crippen molar-refractivity contribution < 1.29 is 4.52 Å². The summed E-state index contributed by atoms with van der Waals surface area (Å²) in [6, 6.07) is 6.44. The molecule has 2 aromatic rings. The smallest absolute Gasteiger partial charge is 0.172 e. The molecule has 0 aliphatic heterocycles. The van der Waals surface area contributed by atoms with E-state index in [-0.39, 0.29) is 5.41 Å². The van der Waals surface area contributed by atoms with Crippen molar-refractivity contribution in [2.24, 2.45) is 5.92 Å². The molecular weight excluding hydrogens is 292 g/mol. The zero-order valence-corrected chi connectivity index (χ0v) is 11.6. The first-order valence-electron chi connectivity index (χ1n) is 6.16. The van der Waals surface area contributed by atoms with Crippen LogP contribution in [0.25, 0.3) is 11.3 Å². The first kappa shape index (κ1) is 10.6. The molecule has 4 rings (SSSR count). The Morgan fingerprint density at radius 2 is 2.28 bits per heavy atom. The number of nitrogens with two attached hydrogens (primary N) is 1. The van der Waals surface area contributed by atoms with Gasteiger partial charge in [0.25, 0.3) is 0 Å². The standard InChI is InChI=1S/C14H13BrN2O/c1-7-5-14(7)6-10-12(18-17-13(10)16)9-4-8(15)2-3-11(9)14/h2-4,7H,5-6H2,1H3,(H2,16,17)/t7-,14-/m0/s1. The van der Waals surface area contributed by atoms with Crippen LogP contribution in [-0.2, 0) is 11.8 Å². The molecule has 0 bridgehead atoms. The minimum atomic E-state index is 0.267. The Balaban J connectivity index is 2.04. The van der Waals surface area contributed by atoms with E-state index in [1.54, 1.807) is 0 Å². The van der Waals surface area contributed by atoms with Crippen molar-refractivity contribution in [2.45, 2.75) is 25.2 Å². The molecule has 1 aromatic carbocycles. The van der Waals surface area contributed by atoms with Crippen molar-refractivity contribution in [3.8, 4) is 11.3 Å². The number of rotatable bonds is 0. The molecular formula is C14H13BrN2O.